The molecule has 0 saturated carbocycles. The zero-order valence-corrected chi connectivity index (χ0v) is 10.0. The maximum atomic E-state index is 5.97. The molecule has 0 radical (unpaired) electrons. The van der Waals surface area contributed by atoms with Crippen LogP contribution in [0.25, 0.3) is 0 Å². The molecule has 3 nitrogen and oxygen atoms in total. The molecule has 0 bridgehead atoms. The number of hydrogen-bond acceptors (Lipinski definition) is 3. The van der Waals surface area contributed by atoms with Gasteiger partial charge in [0.15, 0.2) is 0 Å². The third-order valence-corrected chi connectivity index (χ3v) is 2.55. The zero-order valence-electron chi connectivity index (χ0n) is 10.0. The van der Waals surface area contributed by atoms with Gasteiger partial charge in [-0.1, -0.05) is 6.92 Å². The summed E-state index contributed by atoms with van der Waals surface area (Å²) in [4.78, 5) is 2.37. The van der Waals surface area contributed by atoms with Crippen molar-refractivity contribution in [1.82, 2.24) is 4.90 Å². The van der Waals surface area contributed by atoms with E-state index < -0.39 is 0 Å². The van der Waals surface area contributed by atoms with Gasteiger partial charge in [-0.2, -0.15) is 0 Å². The molecule has 0 aliphatic carbocycles. The number of rotatable bonds is 3. The molecule has 0 unspecified atom stereocenters. The highest BCUT2D eigenvalue weighted by Crippen LogP contribution is 2.21. The highest BCUT2D eigenvalue weighted by atomic mass is 16.6. The van der Waals surface area contributed by atoms with Gasteiger partial charge in [-0.15, -0.1) is 0 Å². The minimum Gasteiger partial charge on any atom is -0.377 e. The number of likely N-dealkylation sites (tertiary alicyclic amines) is 1. The Bertz CT molecular complexity index is 177. The molecule has 1 saturated heterocycles. The molecule has 0 aromatic heterocycles. The Morgan fingerprint density at radius 1 is 1.21 bits per heavy atom. The van der Waals surface area contributed by atoms with Crippen molar-refractivity contribution in [2.24, 2.45) is 0 Å². The first-order chi connectivity index (χ1) is 6.46. The van der Waals surface area contributed by atoms with Gasteiger partial charge in [0.2, 0.25) is 0 Å². The van der Waals surface area contributed by atoms with Crippen LogP contribution in [0.5, 0.6) is 0 Å². The molecule has 0 amide bonds. The van der Waals surface area contributed by atoms with Crippen LogP contribution in [0.15, 0.2) is 0 Å². The Kier molecular flexibility index (Phi) is 3.93. The average molecular weight is 201 g/mol. The molecule has 0 aromatic rings. The van der Waals surface area contributed by atoms with Gasteiger partial charge in [0, 0.05) is 20.2 Å². The number of likely N-dealkylation sites (N-methyl/N-ethyl adjacent to an activating group) is 1. The van der Waals surface area contributed by atoms with E-state index in [2.05, 4.69) is 32.6 Å². The molecule has 1 aliphatic rings. The zero-order chi connectivity index (χ0) is 10.8. The van der Waals surface area contributed by atoms with Crippen LogP contribution in [0.1, 0.15) is 27.7 Å². The predicted octanol–water partition coefficient (Wildman–Crippen LogP) is 1.52. The molecule has 0 spiro atoms. The summed E-state index contributed by atoms with van der Waals surface area (Å²) in [6.07, 6.45) is 0.453. The van der Waals surface area contributed by atoms with Gasteiger partial charge in [-0.25, -0.2) is 0 Å². The van der Waals surface area contributed by atoms with Gasteiger partial charge < -0.3 is 9.47 Å². The first-order valence-electron chi connectivity index (χ1n) is 5.39. The Morgan fingerprint density at radius 3 is 2.21 bits per heavy atom. The first kappa shape index (κ1) is 12.0. The van der Waals surface area contributed by atoms with Gasteiger partial charge in [0.1, 0.15) is 0 Å². The van der Waals surface area contributed by atoms with E-state index in [9.17, 15) is 0 Å². The molecular formula is C11H23NO2. The van der Waals surface area contributed by atoms with Crippen LogP contribution >= 0.6 is 0 Å². The molecule has 0 aromatic carbocycles. The molecule has 1 aliphatic heterocycles. The van der Waals surface area contributed by atoms with Crippen molar-refractivity contribution >= 4 is 0 Å². The molecule has 84 valence electrons. The third-order valence-electron chi connectivity index (χ3n) is 2.55. The fraction of sp³-hybridized carbons (Fsp3) is 1.00. The fourth-order valence-corrected chi connectivity index (χ4v) is 1.87. The van der Waals surface area contributed by atoms with Crippen molar-refractivity contribution in [2.45, 2.75) is 45.5 Å². The van der Waals surface area contributed by atoms with Crippen LogP contribution in [0, 0.1) is 0 Å². The number of methoxy groups -OCH3 is 1. The minimum atomic E-state index is -0.0782. The normalized spacial score (nSPS) is 29.8. The van der Waals surface area contributed by atoms with E-state index in [1.54, 1.807) is 7.11 Å². The summed E-state index contributed by atoms with van der Waals surface area (Å²) in [5.41, 5.74) is -0.0782. The second kappa shape index (κ2) is 4.60. The van der Waals surface area contributed by atoms with Gasteiger partial charge in [0.25, 0.3) is 0 Å². The monoisotopic (exact) mass is 201 g/mol. The molecule has 2 atom stereocenters. The predicted molar refractivity (Wildman–Crippen MR) is 57.5 cm³/mol. The van der Waals surface area contributed by atoms with Crippen LogP contribution in [-0.4, -0.2) is 49.5 Å². The lowest BCUT2D eigenvalue weighted by Gasteiger charge is -2.27. The van der Waals surface area contributed by atoms with Crippen molar-refractivity contribution in [1.29, 1.82) is 0 Å². The van der Waals surface area contributed by atoms with E-state index in [4.69, 9.17) is 9.47 Å². The van der Waals surface area contributed by atoms with Crippen LogP contribution in [0.3, 0.4) is 0 Å². The molecule has 1 heterocycles. The van der Waals surface area contributed by atoms with E-state index in [1.165, 1.54) is 0 Å². The van der Waals surface area contributed by atoms with Gasteiger partial charge in [0.05, 0.1) is 17.8 Å². The quantitative estimate of drug-likeness (QED) is 0.691. The van der Waals surface area contributed by atoms with Gasteiger partial charge in [-0.05, 0) is 27.3 Å². The number of ether oxygens (including phenoxy) is 2. The summed E-state index contributed by atoms with van der Waals surface area (Å²) in [7, 11) is 1.77. The summed E-state index contributed by atoms with van der Waals surface area (Å²) in [5, 5.41) is 0. The fourth-order valence-electron chi connectivity index (χ4n) is 1.87. The molecule has 3 heteroatoms. The maximum absolute atomic E-state index is 5.97. The molecule has 1 rings (SSSR count). The Morgan fingerprint density at radius 2 is 1.79 bits per heavy atom. The average Bonchev–Trinajstić information content (AvgIpc) is 2.44. The summed E-state index contributed by atoms with van der Waals surface area (Å²) < 4.78 is 11.4. The SMILES string of the molecule is CCN1C[C@@H](OC)[C@H](OC(C)(C)C)C1. The summed E-state index contributed by atoms with van der Waals surface area (Å²) in [5.74, 6) is 0. The Balaban J connectivity index is 2.51. The highest BCUT2D eigenvalue weighted by Gasteiger charge is 2.35. The maximum Gasteiger partial charge on any atom is 0.0982 e. The smallest absolute Gasteiger partial charge is 0.0982 e. The molecule has 14 heavy (non-hydrogen) atoms. The van der Waals surface area contributed by atoms with E-state index >= 15 is 0 Å². The van der Waals surface area contributed by atoms with Crippen molar-refractivity contribution < 1.29 is 9.47 Å². The van der Waals surface area contributed by atoms with Crippen molar-refractivity contribution in [3.63, 3.8) is 0 Å². The summed E-state index contributed by atoms with van der Waals surface area (Å²) >= 11 is 0. The van der Waals surface area contributed by atoms with Crippen LogP contribution in [0.4, 0.5) is 0 Å². The Hall–Kier alpha value is -0.120. The molecule has 1 fully saturated rings. The first-order valence-corrected chi connectivity index (χ1v) is 5.39. The van der Waals surface area contributed by atoms with Crippen molar-refractivity contribution in [2.75, 3.05) is 26.7 Å². The van der Waals surface area contributed by atoms with Crippen molar-refractivity contribution in [3.05, 3.63) is 0 Å². The topological polar surface area (TPSA) is 21.7 Å². The van der Waals surface area contributed by atoms with Crippen LogP contribution < -0.4 is 0 Å². The van der Waals surface area contributed by atoms with E-state index in [0.717, 1.165) is 19.6 Å². The lowest BCUT2D eigenvalue weighted by atomic mass is 10.1. The summed E-state index contributed by atoms with van der Waals surface area (Å²) in [6.45, 7) is 11.5. The number of nitrogens with zero attached hydrogens (tertiary/aromatic N) is 1. The largest absolute Gasteiger partial charge is 0.377 e. The molecule has 0 N–H and O–H groups in total. The molecular weight excluding hydrogens is 178 g/mol. The van der Waals surface area contributed by atoms with E-state index in [1.807, 2.05) is 0 Å². The summed E-state index contributed by atoms with van der Waals surface area (Å²) in [6, 6.07) is 0. The van der Waals surface area contributed by atoms with Crippen LogP contribution in [0.2, 0.25) is 0 Å². The Labute approximate surface area is 87.4 Å². The lowest BCUT2D eigenvalue weighted by molar-refractivity contribution is -0.0995. The third kappa shape index (κ3) is 3.23. The highest BCUT2D eigenvalue weighted by molar-refractivity contribution is 4.86. The number of hydrogen-bond donors (Lipinski definition) is 0. The second-order valence-electron chi connectivity index (χ2n) is 4.90. The standard InChI is InChI=1S/C11H23NO2/c1-6-12-7-9(13-5)10(8-12)14-11(2,3)4/h9-10H,6-8H2,1-5H3/t9-,10-/m1/s1. The lowest BCUT2D eigenvalue weighted by Crippen LogP contribution is -2.36. The van der Waals surface area contributed by atoms with Gasteiger partial charge >= 0.3 is 0 Å². The van der Waals surface area contributed by atoms with Crippen LogP contribution in [-0.2, 0) is 9.47 Å². The van der Waals surface area contributed by atoms with Crippen molar-refractivity contribution in [3.8, 4) is 0 Å². The van der Waals surface area contributed by atoms with Gasteiger partial charge in [-0.3, -0.25) is 4.90 Å². The second-order valence-corrected chi connectivity index (χ2v) is 4.90. The minimum absolute atomic E-state index is 0.0782. The van der Waals surface area contributed by atoms with E-state index in [-0.39, 0.29) is 17.8 Å². The van der Waals surface area contributed by atoms with E-state index in [0.29, 0.717) is 0 Å².